The summed E-state index contributed by atoms with van der Waals surface area (Å²) in [5.41, 5.74) is 0.468. The molecule has 1 aliphatic rings. The molecule has 2 amide bonds. The minimum Gasteiger partial charge on any atom is -0.356 e. The van der Waals surface area contributed by atoms with Gasteiger partial charge in [0.05, 0.1) is 5.56 Å². The van der Waals surface area contributed by atoms with E-state index in [0.717, 1.165) is 30.5 Å². The van der Waals surface area contributed by atoms with Crippen molar-refractivity contribution in [1.82, 2.24) is 20.0 Å². The van der Waals surface area contributed by atoms with Crippen molar-refractivity contribution in [3.8, 4) is 0 Å². The fourth-order valence-corrected chi connectivity index (χ4v) is 3.77. The number of hydrogen-bond donors (Lipinski definition) is 1. The van der Waals surface area contributed by atoms with E-state index in [-0.39, 0.29) is 17.7 Å². The first-order valence-electron chi connectivity index (χ1n) is 10.5. The molecule has 3 rings (SSSR count). The molecule has 1 atom stereocenters. The summed E-state index contributed by atoms with van der Waals surface area (Å²) in [7, 11) is 0. The third-order valence-electron chi connectivity index (χ3n) is 5.48. The molecule has 0 bridgehead atoms. The molecular formula is C22H27F3N4O2. The van der Waals surface area contributed by atoms with E-state index in [1.165, 1.54) is 12.1 Å². The van der Waals surface area contributed by atoms with Gasteiger partial charge in [0.15, 0.2) is 0 Å². The van der Waals surface area contributed by atoms with E-state index in [0.29, 0.717) is 44.7 Å². The summed E-state index contributed by atoms with van der Waals surface area (Å²) in [6.45, 7) is 4.18. The zero-order chi connectivity index (χ0) is 22.4. The third-order valence-corrected chi connectivity index (χ3v) is 5.48. The highest BCUT2D eigenvalue weighted by molar-refractivity contribution is 5.92. The number of halogens is 3. The third kappa shape index (κ3) is 6.32. The van der Waals surface area contributed by atoms with Crippen LogP contribution in [0, 0.1) is 5.92 Å². The molecule has 6 nitrogen and oxygen atoms in total. The quantitative estimate of drug-likeness (QED) is 0.722. The lowest BCUT2D eigenvalue weighted by Gasteiger charge is -2.32. The highest BCUT2D eigenvalue weighted by atomic mass is 19.4. The predicted molar refractivity (Wildman–Crippen MR) is 109 cm³/mol. The molecule has 1 aromatic heterocycles. The molecule has 168 valence electrons. The van der Waals surface area contributed by atoms with Gasteiger partial charge in [-0.15, -0.1) is 0 Å². The summed E-state index contributed by atoms with van der Waals surface area (Å²) in [5, 5.41) is 7.09. The van der Waals surface area contributed by atoms with Crippen LogP contribution in [0.2, 0.25) is 0 Å². The Labute approximate surface area is 179 Å². The molecule has 1 saturated heterocycles. The van der Waals surface area contributed by atoms with Gasteiger partial charge in [0, 0.05) is 38.8 Å². The Balaban J connectivity index is 1.43. The number of piperidine rings is 1. The summed E-state index contributed by atoms with van der Waals surface area (Å²) in [6.07, 6.45) is -0.0838. The van der Waals surface area contributed by atoms with Crippen molar-refractivity contribution in [2.24, 2.45) is 5.92 Å². The molecule has 9 heteroatoms. The monoisotopic (exact) mass is 436 g/mol. The van der Waals surface area contributed by atoms with Gasteiger partial charge in [0.25, 0.3) is 5.91 Å². The van der Waals surface area contributed by atoms with Crippen molar-refractivity contribution in [2.45, 2.75) is 45.3 Å². The maximum atomic E-state index is 12.7. The topological polar surface area (TPSA) is 67.2 Å². The van der Waals surface area contributed by atoms with E-state index in [1.54, 1.807) is 21.8 Å². The van der Waals surface area contributed by atoms with Crippen LogP contribution < -0.4 is 5.32 Å². The summed E-state index contributed by atoms with van der Waals surface area (Å²) in [5.74, 6) is -0.141. The number of nitrogens with zero attached hydrogens (tertiary/aromatic N) is 3. The smallest absolute Gasteiger partial charge is 0.356 e. The molecule has 1 fully saturated rings. The number of rotatable bonds is 7. The zero-order valence-corrected chi connectivity index (χ0v) is 17.5. The van der Waals surface area contributed by atoms with Gasteiger partial charge < -0.3 is 10.2 Å². The van der Waals surface area contributed by atoms with Crippen LogP contribution in [0.15, 0.2) is 36.5 Å². The number of aromatic nitrogens is 2. The first-order chi connectivity index (χ1) is 14.8. The Kier molecular flexibility index (Phi) is 7.35. The number of aryl methyl sites for hydroxylation is 1. The Morgan fingerprint density at radius 2 is 1.94 bits per heavy atom. The van der Waals surface area contributed by atoms with Crippen LogP contribution in [-0.2, 0) is 23.9 Å². The summed E-state index contributed by atoms with van der Waals surface area (Å²) in [4.78, 5) is 26.7. The number of benzene rings is 1. The van der Waals surface area contributed by atoms with Crippen LogP contribution in [0.5, 0.6) is 0 Å². The zero-order valence-electron chi connectivity index (χ0n) is 17.5. The van der Waals surface area contributed by atoms with Gasteiger partial charge in [-0.05, 0) is 55.9 Å². The number of amides is 2. The fraction of sp³-hybridized carbons (Fsp3) is 0.500. The molecule has 1 aromatic carbocycles. The largest absolute Gasteiger partial charge is 0.416 e. The van der Waals surface area contributed by atoms with Crippen molar-refractivity contribution in [2.75, 3.05) is 19.6 Å². The van der Waals surface area contributed by atoms with Crippen molar-refractivity contribution >= 4 is 11.8 Å². The van der Waals surface area contributed by atoms with Gasteiger partial charge >= 0.3 is 6.18 Å². The van der Waals surface area contributed by atoms with Gasteiger partial charge in [0.1, 0.15) is 5.69 Å². The second-order valence-electron chi connectivity index (χ2n) is 7.81. The Morgan fingerprint density at radius 3 is 2.58 bits per heavy atom. The van der Waals surface area contributed by atoms with Crippen LogP contribution in [0.3, 0.4) is 0 Å². The lowest BCUT2D eigenvalue weighted by atomic mass is 9.94. The van der Waals surface area contributed by atoms with E-state index in [2.05, 4.69) is 10.4 Å². The molecule has 1 N–H and O–H groups in total. The normalized spacial score (nSPS) is 16.9. The molecular weight excluding hydrogens is 409 g/mol. The van der Waals surface area contributed by atoms with Gasteiger partial charge in [-0.1, -0.05) is 12.1 Å². The van der Waals surface area contributed by atoms with Crippen LogP contribution in [0.4, 0.5) is 13.2 Å². The lowest BCUT2D eigenvalue weighted by Crippen LogP contribution is -2.41. The van der Waals surface area contributed by atoms with Crippen molar-refractivity contribution in [3.05, 3.63) is 53.3 Å². The highest BCUT2D eigenvalue weighted by Gasteiger charge is 2.30. The van der Waals surface area contributed by atoms with Crippen LogP contribution in [-0.4, -0.2) is 46.1 Å². The molecule has 0 aliphatic carbocycles. The highest BCUT2D eigenvalue weighted by Crippen LogP contribution is 2.29. The van der Waals surface area contributed by atoms with Gasteiger partial charge in [-0.2, -0.15) is 18.3 Å². The number of carbonyl (C=O) groups excluding carboxylic acids is 2. The summed E-state index contributed by atoms with van der Waals surface area (Å²) in [6, 6.07) is 6.67. The predicted octanol–water partition coefficient (Wildman–Crippen LogP) is 3.52. The number of alkyl halides is 3. The average Bonchev–Trinajstić information content (AvgIpc) is 3.22. The van der Waals surface area contributed by atoms with E-state index >= 15 is 0 Å². The van der Waals surface area contributed by atoms with Crippen molar-refractivity contribution in [3.63, 3.8) is 0 Å². The minimum absolute atomic E-state index is 0.0806. The Hall–Kier alpha value is -2.84. The van der Waals surface area contributed by atoms with Crippen LogP contribution in [0.1, 0.15) is 47.8 Å². The molecule has 0 spiro atoms. The lowest BCUT2D eigenvalue weighted by molar-refractivity contribution is -0.137. The Morgan fingerprint density at radius 1 is 1.19 bits per heavy atom. The van der Waals surface area contributed by atoms with Crippen molar-refractivity contribution in [1.29, 1.82) is 0 Å². The van der Waals surface area contributed by atoms with E-state index in [4.69, 9.17) is 0 Å². The standard InChI is InChI=1S/C22H27F3N4O2/c1-2-29-13-10-19(27-29)21(31)28-12-3-4-17(15-28)14-20(30)26-11-9-16-5-7-18(8-6-16)22(23,24)25/h5-8,10,13,17H,2-4,9,11-12,14-15H2,1H3,(H,26,30)/t17-/m0/s1. The first-order valence-corrected chi connectivity index (χ1v) is 10.5. The maximum absolute atomic E-state index is 12.7. The molecule has 0 saturated carbocycles. The summed E-state index contributed by atoms with van der Waals surface area (Å²) >= 11 is 0. The average molecular weight is 436 g/mol. The van der Waals surface area contributed by atoms with Gasteiger partial charge in [-0.25, -0.2) is 0 Å². The molecule has 1 aliphatic heterocycles. The number of hydrogen-bond acceptors (Lipinski definition) is 3. The number of nitrogens with one attached hydrogen (secondary N) is 1. The van der Waals surface area contributed by atoms with E-state index < -0.39 is 11.7 Å². The molecule has 2 heterocycles. The van der Waals surface area contributed by atoms with Crippen LogP contribution >= 0.6 is 0 Å². The Bertz CT molecular complexity index is 893. The fourth-order valence-electron chi connectivity index (χ4n) is 3.77. The number of likely N-dealkylation sites (tertiary alicyclic amines) is 1. The van der Waals surface area contributed by atoms with Crippen molar-refractivity contribution < 1.29 is 22.8 Å². The second kappa shape index (κ2) is 9.98. The van der Waals surface area contributed by atoms with Gasteiger partial charge in [0.2, 0.25) is 5.91 Å². The molecule has 0 radical (unpaired) electrons. The summed E-state index contributed by atoms with van der Waals surface area (Å²) < 4.78 is 39.5. The van der Waals surface area contributed by atoms with Crippen LogP contribution in [0.25, 0.3) is 0 Å². The van der Waals surface area contributed by atoms with E-state index in [9.17, 15) is 22.8 Å². The molecule has 2 aromatic rings. The SMILES string of the molecule is CCn1ccc(C(=O)N2CCC[C@@H](CC(=O)NCCc3ccc(C(F)(F)F)cc3)C2)n1. The van der Waals surface area contributed by atoms with Gasteiger partial charge in [-0.3, -0.25) is 14.3 Å². The molecule has 0 unspecified atom stereocenters. The second-order valence-corrected chi connectivity index (χ2v) is 7.81. The maximum Gasteiger partial charge on any atom is 0.416 e. The number of carbonyl (C=O) groups is 2. The minimum atomic E-state index is -4.35. The molecule has 31 heavy (non-hydrogen) atoms. The first kappa shape index (κ1) is 22.8. The van der Waals surface area contributed by atoms with E-state index in [1.807, 2.05) is 6.92 Å².